The maximum absolute atomic E-state index is 13.3. The van der Waals surface area contributed by atoms with Gasteiger partial charge in [-0.1, -0.05) is 42.5 Å². The van der Waals surface area contributed by atoms with Crippen molar-refractivity contribution in [3.05, 3.63) is 71.5 Å². The zero-order valence-corrected chi connectivity index (χ0v) is 16.3. The number of hydrogen-bond acceptors (Lipinski definition) is 3. The molecular formula is C19H25FN4O2S. The lowest BCUT2D eigenvalue weighted by Gasteiger charge is -2.22. The van der Waals surface area contributed by atoms with Gasteiger partial charge < -0.3 is 10.2 Å². The zero-order valence-electron chi connectivity index (χ0n) is 15.5. The van der Waals surface area contributed by atoms with Crippen molar-refractivity contribution in [1.82, 2.24) is 14.9 Å². The maximum atomic E-state index is 13.3. The number of sulfonamides is 1. The molecule has 0 aliphatic rings. The molecule has 2 rings (SSSR count). The van der Waals surface area contributed by atoms with Crippen molar-refractivity contribution >= 4 is 16.0 Å². The standard InChI is InChI=1S/C19H25FN4O2S/c1-21-19(24(2)15-17-9-6-10-18(20)13-17)22-11-12-27(25,26)23-14-16-7-4-3-5-8-16/h3-10,13,23H,11-12,14-15H2,1-2H3,(H,21,22). The Hall–Kier alpha value is -2.45. The van der Waals surface area contributed by atoms with Crippen LogP contribution in [0.25, 0.3) is 0 Å². The molecule has 2 N–H and O–H groups in total. The summed E-state index contributed by atoms with van der Waals surface area (Å²) in [5.74, 6) is 0.170. The minimum Gasteiger partial charge on any atom is -0.355 e. The molecule has 0 bridgehead atoms. The third-order valence-electron chi connectivity index (χ3n) is 3.88. The summed E-state index contributed by atoms with van der Waals surface area (Å²) in [6, 6.07) is 15.7. The average Bonchev–Trinajstić information content (AvgIpc) is 2.64. The van der Waals surface area contributed by atoms with Gasteiger partial charge in [-0.2, -0.15) is 0 Å². The van der Waals surface area contributed by atoms with E-state index >= 15 is 0 Å². The topological polar surface area (TPSA) is 73.8 Å². The molecule has 0 aliphatic heterocycles. The van der Waals surface area contributed by atoms with Crippen LogP contribution in [0.3, 0.4) is 0 Å². The van der Waals surface area contributed by atoms with Crippen LogP contribution in [0.1, 0.15) is 11.1 Å². The first kappa shape index (κ1) is 20.9. The molecule has 0 atom stereocenters. The van der Waals surface area contributed by atoms with E-state index < -0.39 is 10.0 Å². The number of halogens is 1. The van der Waals surface area contributed by atoms with Gasteiger partial charge in [0.15, 0.2) is 5.96 Å². The molecule has 0 aromatic heterocycles. The molecule has 8 heteroatoms. The van der Waals surface area contributed by atoms with E-state index in [1.807, 2.05) is 43.4 Å². The summed E-state index contributed by atoms with van der Waals surface area (Å²) in [5, 5.41) is 3.02. The molecule has 0 radical (unpaired) electrons. The molecule has 0 aliphatic carbocycles. The van der Waals surface area contributed by atoms with Gasteiger partial charge in [-0.15, -0.1) is 0 Å². The highest BCUT2D eigenvalue weighted by atomic mass is 32.2. The minimum absolute atomic E-state index is 0.0767. The molecule has 0 unspecified atom stereocenters. The highest BCUT2D eigenvalue weighted by molar-refractivity contribution is 7.89. The Balaban J connectivity index is 1.80. The Kier molecular flexibility index (Phi) is 7.75. The minimum atomic E-state index is -3.41. The first-order chi connectivity index (χ1) is 12.9. The summed E-state index contributed by atoms with van der Waals surface area (Å²) in [5.41, 5.74) is 1.71. The summed E-state index contributed by atoms with van der Waals surface area (Å²) in [4.78, 5) is 5.95. The van der Waals surface area contributed by atoms with E-state index in [2.05, 4.69) is 15.0 Å². The Morgan fingerprint density at radius 2 is 1.81 bits per heavy atom. The SMILES string of the molecule is CN=C(NCCS(=O)(=O)NCc1ccccc1)N(C)Cc1cccc(F)c1. The van der Waals surface area contributed by atoms with Crippen molar-refractivity contribution in [3.63, 3.8) is 0 Å². The Bertz CT molecular complexity index is 857. The van der Waals surface area contributed by atoms with Gasteiger partial charge >= 0.3 is 0 Å². The lowest BCUT2D eigenvalue weighted by Crippen LogP contribution is -2.41. The second-order valence-electron chi connectivity index (χ2n) is 6.09. The Labute approximate surface area is 160 Å². The fraction of sp³-hybridized carbons (Fsp3) is 0.316. The lowest BCUT2D eigenvalue weighted by atomic mass is 10.2. The quantitative estimate of drug-likeness (QED) is 0.532. The maximum Gasteiger partial charge on any atom is 0.213 e. The fourth-order valence-electron chi connectivity index (χ4n) is 2.53. The highest BCUT2D eigenvalue weighted by Gasteiger charge is 2.12. The second-order valence-corrected chi connectivity index (χ2v) is 8.01. The predicted octanol–water partition coefficient (Wildman–Crippen LogP) is 1.95. The van der Waals surface area contributed by atoms with Crippen molar-refractivity contribution in [2.24, 2.45) is 4.99 Å². The molecule has 146 valence electrons. The first-order valence-corrected chi connectivity index (χ1v) is 10.2. The summed E-state index contributed by atoms with van der Waals surface area (Å²) in [6.07, 6.45) is 0. The van der Waals surface area contributed by atoms with Crippen molar-refractivity contribution in [1.29, 1.82) is 0 Å². The van der Waals surface area contributed by atoms with E-state index in [-0.39, 0.29) is 24.7 Å². The normalized spacial score (nSPS) is 12.0. The van der Waals surface area contributed by atoms with Gasteiger partial charge in [-0.05, 0) is 23.3 Å². The number of nitrogens with one attached hydrogen (secondary N) is 2. The molecule has 0 fully saturated rings. The van der Waals surface area contributed by atoms with Crippen LogP contribution >= 0.6 is 0 Å². The van der Waals surface area contributed by atoms with Crippen LogP contribution in [0.4, 0.5) is 4.39 Å². The van der Waals surface area contributed by atoms with Gasteiger partial charge in [-0.25, -0.2) is 17.5 Å². The largest absolute Gasteiger partial charge is 0.355 e. The van der Waals surface area contributed by atoms with E-state index in [4.69, 9.17) is 0 Å². The fourth-order valence-corrected chi connectivity index (χ4v) is 3.43. The Morgan fingerprint density at radius 3 is 2.48 bits per heavy atom. The van der Waals surface area contributed by atoms with E-state index in [0.717, 1.165) is 11.1 Å². The second kappa shape index (κ2) is 10.0. The molecule has 0 heterocycles. The molecule has 27 heavy (non-hydrogen) atoms. The van der Waals surface area contributed by atoms with Crippen molar-refractivity contribution in [2.45, 2.75) is 13.1 Å². The third-order valence-corrected chi connectivity index (χ3v) is 5.20. The average molecular weight is 393 g/mol. The third kappa shape index (κ3) is 7.36. The molecule has 2 aromatic carbocycles. The van der Waals surface area contributed by atoms with Gasteiger partial charge in [0.1, 0.15) is 5.82 Å². The van der Waals surface area contributed by atoms with Crippen molar-refractivity contribution < 1.29 is 12.8 Å². The lowest BCUT2D eigenvalue weighted by molar-refractivity contribution is 0.476. The van der Waals surface area contributed by atoms with Gasteiger partial charge in [0.25, 0.3) is 0 Å². The number of guanidine groups is 1. The number of hydrogen-bond donors (Lipinski definition) is 2. The first-order valence-electron chi connectivity index (χ1n) is 8.57. The van der Waals surface area contributed by atoms with E-state index in [9.17, 15) is 12.8 Å². The van der Waals surface area contributed by atoms with Crippen molar-refractivity contribution in [2.75, 3.05) is 26.4 Å². The monoisotopic (exact) mass is 392 g/mol. The molecule has 0 saturated heterocycles. The summed E-state index contributed by atoms with van der Waals surface area (Å²) in [6.45, 7) is 0.929. The van der Waals surface area contributed by atoms with E-state index in [0.29, 0.717) is 12.5 Å². The summed E-state index contributed by atoms with van der Waals surface area (Å²) >= 11 is 0. The molecule has 0 saturated carbocycles. The van der Waals surface area contributed by atoms with Crippen LogP contribution in [-0.4, -0.2) is 45.7 Å². The van der Waals surface area contributed by atoms with E-state index in [1.54, 1.807) is 18.0 Å². The molecule has 0 spiro atoms. The summed E-state index contributed by atoms with van der Waals surface area (Å²) < 4.78 is 40.1. The van der Waals surface area contributed by atoms with Crippen LogP contribution < -0.4 is 10.0 Å². The van der Waals surface area contributed by atoms with Gasteiger partial charge in [0.05, 0.1) is 5.75 Å². The van der Waals surface area contributed by atoms with Crippen LogP contribution in [0, 0.1) is 5.82 Å². The molecular weight excluding hydrogens is 367 g/mol. The van der Waals surface area contributed by atoms with Crippen molar-refractivity contribution in [3.8, 4) is 0 Å². The van der Waals surface area contributed by atoms with Crippen LogP contribution in [0.5, 0.6) is 0 Å². The van der Waals surface area contributed by atoms with Gasteiger partial charge in [-0.3, -0.25) is 4.99 Å². The number of rotatable bonds is 8. The number of benzene rings is 2. The van der Waals surface area contributed by atoms with Crippen LogP contribution in [0.15, 0.2) is 59.6 Å². The summed E-state index contributed by atoms with van der Waals surface area (Å²) in [7, 11) is 0.0161. The smallest absolute Gasteiger partial charge is 0.213 e. The van der Waals surface area contributed by atoms with Gasteiger partial charge in [0, 0.05) is 33.7 Å². The van der Waals surface area contributed by atoms with E-state index in [1.165, 1.54) is 12.1 Å². The number of nitrogens with zero attached hydrogens (tertiary/aromatic N) is 2. The predicted molar refractivity (Wildman–Crippen MR) is 106 cm³/mol. The van der Waals surface area contributed by atoms with Crippen LogP contribution in [-0.2, 0) is 23.1 Å². The zero-order chi connectivity index (χ0) is 19.7. The molecule has 2 aromatic rings. The molecule has 0 amide bonds. The molecule has 6 nitrogen and oxygen atoms in total. The highest BCUT2D eigenvalue weighted by Crippen LogP contribution is 2.06. The van der Waals surface area contributed by atoms with Crippen LogP contribution in [0.2, 0.25) is 0 Å². The Morgan fingerprint density at radius 1 is 1.11 bits per heavy atom. The van der Waals surface area contributed by atoms with Gasteiger partial charge in [0.2, 0.25) is 10.0 Å². The number of aliphatic imine (C=N–C) groups is 1.